The molecule has 1 aromatic rings. The van der Waals surface area contributed by atoms with Gasteiger partial charge in [0.2, 0.25) is 0 Å². The van der Waals surface area contributed by atoms with Crippen molar-refractivity contribution in [2.24, 2.45) is 0 Å². The molecule has 0 aromatic heterocycles. The van der Waals surface area contributed by atoms with Crippen LogP contribution in [0.3, 0.4) is 0 Å². The first kappa shape index (κ1) is 11.7. The van der Waals surface area contributed by atoms with Crippen molar-refractivity contribution in [3.63, 3.8) is 0 Å². The fourth-order valence-corrected chi connectivity index (χ4v) is 2.73. The van der Waals surface area contributed by atoms with Crippen LogP contribution in [0, 0.1) is 0 Å². The van der Waals surface area contributed by atoms with Crippen LogP contribution >= 0.6 is 11.6 Å². The summed E-state index contributed by atoms with van der Waals surface area (Å²) in [6, 6.07) is 5.95. The van der Waals surface area contributed by atoms with Crippen molar-refractivity contribution >= 4 is 17.3 Å². The number of fused-ring (bicyclic) bond motifs is 1. The summed E-state index contributed by atoms with van der Waals surface area (Å²) >= 11 is 6.25. The van der Waals surface area contributed by atoms with Crippen LogP contribution in [0.1, 0.15) is 32.3 Å². The third-order valence-corrected chi connectivity index (χ3v) is 3.69. The molecule has 2 nitrogen and oxygen atoms in total. The molecule has 0 saturated heterocycles. The Bertz CT molecular complexity index is 397. The maximum absolute atomic E-state index is 10.2. The van der Waals surface area contributed by atoms with Gasteiger partial charge in [-0.3, -0.25) is 0 Å². The van der Waals surface area contributed by atoms with Gasteiger partial charge in [-0.25, -0.2) is 0 Å². The van der Waals surface area contributed by atoms with Gasteiger partial charge in [-0.1, -0.05) is 17.7 Å². The number of benzene rings is 1. The molecule has 3 heteroatoms. The van der Waals surface area contributed by atoms with E-state index in [1.165, 1.54) is 5.69 Å². The highest BCUT2D eigenvalue weighted by molar-refractivity contribution is 6.32. The lowest BCUT2D eigenvalue weighted by molar-refractivity contribution is 0.0549. The average Bonchev–Trinajstić information content (AvgIpc) is 2.57. The third-order valence-electron chi connectivity index (χ3n) is 3.36. The van der Waals surface area contributed by atoms with E-state index in [4.69, 9.17) is 11.6 Å². The Morgan fingerprint density at radius 2 is 2.19 bits per heavy atom. The molecule has 1 atom stereocenters. The summed E-state index contributed by atoms with van der Waals surface area (Å²) in [6.45, 7) is 7.62. The van der Waals surface area contributed by atoms with E-state index in [1.807, 2.05) is 26.0 Å². The van der Waals surface area contributed by atoms with Gasteiger partial charge in [0.25, 0.3) is 0 Å². The van der Waals surface area contributed by atoms with E-state index in [-0.39, 0.29) is 5.92 Å². The van der Waals surface area contributed by atoms with E-state index >= 15 is 0 Å². The van der Waals surface area contributed by atoms with Crippen molar-refractivity contribution in [2.75, 3.05) is 18.0 Å². The van der Waals surface area contributed by atoms with Gasteiger partial charge in [-0.2, -0.15) is 0 Å². The van der Waals surface area contributed by atoms with E-state index in [2.05, 4.69) is 17.9 Å². The molecule has 0 radical (unpaired) electrons. The number of aliphatic hydroxyl groups is 1. The van der Waals surface area contributed by atoms with Crippen molar-refractivity contribution in [2.45, 2.75) is 32.3 Å². The molecule has 0 amide bonds. The molecule has 1 aliphatic heterocycles. The van der Waals surface area contributed by atoms with Crippen LogP contribution in [-0.2, 0) is 0 Å². The smallest absolute Gasteiger partial charge is 0.0678 e. The molecular weight excluding hydrogens is 222 g/mol. The van der Waals surface area contributed by atoms with Gasteiger partial charge in [0.1, 0.15) is 0 Å². The number of hydrogen-bond donors (Lipinski definition) is 1. The van der Waals surface area contributed by atoms with Gasteiger partial charge in [-0.15, -0.1) is 0 Å². The molecule has 0 fully saturated rings. The van der Waals surface area contributed by atoms with Crippen molar-refractivity contribution in [3.8, 4) is 0 Å². The number of hydrogen-bond acceptors (Lipinski definition) is 2. The zero-order valence-electron chi connectivity index (χ0n) is 10.00. The second kappa shape index (κ2) is 3.94. The molecule has 1 N–H and O–H groups in total. The summed E-state index contributed by atoms with van der Waals surface area (Å²) in [7, 11) is 0. The van der Waals surface area contributed by atoms with Gasteiger partial charge >= 0.3 is 0 Å². The van der Waals surface area contributed by atoms with Gasteiger partial charge in [0.05, 0.1) is 5.60 Å². The fourth-order valence-electron chi connectivity index (χ4n) is 2.43. The number of likely N-dealkylation sites (N-methyl/N-ethyl adjacent to an activating group) is 1. The monoisotopic (exact) mass is 239 g/mol. The number of anilines is 1. The first-order chi connectivity index (χ1) is 7.45. The maximum Gasteiger partial charge on any atom is 0.0678 e. The van der Waals surface area contributed by atoms with E-state index in [0.29, 0.717) is 0 Å². The van der Waals surface area contributed by atoms with Crippen LogP contribution in [0.15, 0.2) is 18.2 Å². The number of halogens is 1. The first-order valence-corrected chi connectivity index (χ1v) is 6.08. The van der Waals surface area contributed by atoms with Crippen LogP contribution < -0.4 is 4.90 Å². The Morgan fingerprint density at radius 1 is 1.50 bits per heavy atom. The molecule has 88 valence electrons. The van der Waals surface area contributed by atoms with E-state index in [1.54, 1.807) is 0 Å². The van der Waals surface area contributed by atoms with Gasteiger partial charge in [0, 0.05) is 35.3 Å². The van der Waals surface area contributed by atoms with Gasteiger partial charge in [-0.05, 0) is 32.9 Å². The minimum Gasteiger partial charge on any atom is -0.390 e. The molecule has 0 saturated carbocycles. The minimum absolute atomic E-state index is 0.0937. The maximum atomic E-state index is 10.2. The fraction of sp³-hybridized carbons (Fsp3) is 0.538. The van der Waals surface area contributed by atoms with E-state index in [0.717, 1.165) is 23.7 Å². The zero-order valence-corrected chi connectivity index (χ0v) is 10.8. The number of rotatable bonds is 2. The quantitative estimate of drug-likeness (QED) is 0.858. The Morgan fingerprint density at radius 3 is 2.75 bits per heavy atom. The lowest BCUT2D eigenvalue weighted by atomic mass is 9.86. The van der Waals surface area contributed by atoms with Gasteiger partial charge < -0.3 is 10.0 Å². The second-order valence-corrected chi connectivity index (χ2v) is 5.32. The van der Waals surface area contributed by atoms with Gasteiger partial charge in [0.15, 0.2) is 0 Å². The Balaban J connectivity index is 2.52. The predicted octanol–water partition coefficient (Wildman–Crippen LogP) is 3.03. The van der Waals surface area contributed by atoms with Crippen molar-refractivity contribution in [1.82, 2.24) is 0 Å². The molecule has 0 aliphatic carbocycles. The highest BCUT2D eigenvalue weighted by Gasteiger charge is 2.38. The molecule has 0 bridgehead atoms. The van der Waals surface area contributed by atoms with Crippen LogP contribution in [0.2, 0.25) is 5.02 Å². The molecular formula is C13H18ClNO. The van der Waals surface area contributed by atoms with Crippen molar-refractivity contribution in [3.05, 3.63) is 28.8 Å². The molecule has 16 heavy (non-hydrogen) atoms. The molecule has 1 heterocycles. The SMILES string of the molecule is CCN1CC(C(C)(C)O)c2c(Cl)cccc21. The topological polar surface area (TPSA) is 23.5 Å². The minimum atomic E-state index is -0.732. The lowest BCUT2D eigenvalue weighted by Gasteiger charge is -2.26. The standard InChI is InChI=1S/C13H18ClNO/c1-4-15-8-9(13(2,3)16)12-10(14)6-5-7-11(12)15/h5-7,9,16H,4,8H2,1-3H3. The highest BCUT2D eigenvalue weighted by Crippen LogP contribution is 2.45. The second-order valence-electron chi connectivity index (χ2n) is 4.92. The Labute approximate surface area is 102 Å². The van der Waals surface area contributed by atoms with E-state index < -0.39 is 5.60 Å². The largest absolute Gasteiger partial charge is 0.390 e. The predicted molar refractivity (Wildman–Crippen MR) is 68.4 cm³/mol. The molecule has 0 spiro atoms. The van der Waals surface area contributed by atoms with Crippen LogP contribution in [0.4, 0.5) is 5.69 Å². The van der Waals surface area contributed by atoms with Crippen LogP contribution in [0.25, 0.3) is 0 Å². The number of nitrogens with zero attached hydrogens (tertiary/aromatic N) is 1. The normalized spacial score (nSPS) is 20.1. The van der Waals surface area contributed by atoms with Crippen molar-refractivity contribution in [1.29, 1.82) is 0 Å². The van der Waals surface area contributed by atoms with Crippen molar-refractivity contribution < 1.29 is 5.11 Å². The zero-order chi connectivity index (χ0) is 11.9. The summed E-state index contributed by atoms with van der Waals surface area (Å²) in [5.74, 6) is 0.0937. The molecule has 2 rings (SSSR count). The highest BCUT2D eigenvalue weighted by atomic mass is 35.5. The molecule has 1 aliphatic rings. The lowest BCUT2D eigenvalue weighted by Crippen LogP contribution is -2.33. The van der Waals surface area contributed by atoms with Crippen LogP contribution in [0.5, 0.6) is 0 Å². The summed E-state index contributed by atoms with van der Waals surface area (Å²) in [5.41, 5.74) is 1.53. The van der Waals surface area contributed by atoms with Crippen LogP contribution in [-0.4, -0.2) is 23.8 Å². The summed E-state index contributed by atoms with van der Waals surface area (Å²) in [6.07, 6.45) is 0. The first-order valence-electron chi connectivity index (χ1n) is 5.71. The summed E-state index contributed by atoms with van der Waals surface area (Å²) in [4.78, 5) is 2.27. The third kappa shape index (κ3) is 1.80. The molecule has 1 unspecified atom stereocenters. The summed E-state index contributed by atoms with van der Waals surface area (Å²) in [5, 5.41) is 11.0. The Kier molecular flexibility index (Phi) is 2.89. The Hall–Kier alpha value is -0.730. The van der Waals surface area contributed by atoms with E-state index in [9.17, 15) is 5.11 Å². The average molecular weight is 240 g/mol. The molecule has 1 aromatic carbocycles. The summed E-state index contributed by atoms with van der Waals surface area (Å²) < 4.78 is 0.